The van der Waals surface area contributed by atoms with Crippen LogP contribution in [0, 0.1) is 0 Å². The first-order valence-electron chi connectivity index (χ1n) is 9.61. The fourth-order valence-corrected chi connectivity index (χ4v) is 5.12. The zero-order valence-electron chi connectivity index (χ0n) is 16.5. The van der Waals surface area contributed by atoms with Crippen LogP contribution in [0.1, 0.15) is 31.0 Å². The largest absolute Gasteiger partial charge is 0.497 e. The average Bonchev–Trinajstić information content (AvgIpc) is 2.80. The molecule has 156 valence electrons. The van der Waals surface area contributed by atoms with Crippen LogP contribution in [0.5, 0.6) is 5.75 Å². The van der Waals surface area contributed by atoms with Gasteiger partial charge in [0.2, 0.25) is 21.9 Å². The fourth-order valence-electron chi connectivity index (χ4n) is 3.45. The van der Waals surface area contributed by atoms with Gasteiger partial charge in [-0.05, 0) is 49.2 Å². The third-order valence-corrected chi connectivity index (χ3v) is 6.85. The molecule has 0 bridgehead atoms. The summed E-state index contributed by atoms with van der Waals surface area (Å²) in [5, 5.41) is 2.96. The first-order chi connectivity index (χ1) is 14.6. The van der Waals surface area contributed by atoms with Crippen LogP contribution in [0.4, 0.5) is 11.9 Å². The molecule has 0 saturated carbocycles. The number of nitrogens with one attached hydrogen (secondary N) is 1. The minimum Gasteiger partial charge on any atom is -0.497 e. The molecule has 1 saturated heterocycles. The number of nitrogens with zero attached hydrogens (tertiary/aromatic N) is 5. The highest BCUT2D eigenvalue weighted by Gasteiger charge is 2.35. The molecule has 0 aliphatic carbocycles. The Morgan fingerprint density at radius 1 is 1.00 bits per heavy atom. The van der Waals surface area contributed by atoms with Crippen LogP contribution in [0.2, 0.25) is 0 Å². The summed E-state index contributed by atoms with van der Waals surface area (Å²) in [5.41, 5.74) is 0.639. The summed E-state index contributed by atoms with van der Waals surface area (Å²) in [4.78, 5) is 17.2. The van der Waals surface area contributed by atoms with Gasteiger partial charge in [-0.15, -0.1) is 0 Å². The third kappa shape index (κ3) is 4.24. The molecule has 1 aliphatic heterocycles. The maximum atomic E-state index is 13.4. The van der Waals surface area contributed by atoms with Crippen molar-refractivity contribution in [2.24, 2.45) is 0 Å². The lowest BCUT2D eigenvalue weighted by atomic mass is 10.0. The van der Waals surface area contributed by atoms with E-state index in [0.717, 1.165) is 12.8 Å². The second-order valence-electron chi connectivity index (χ2n) is 6.81. The molecule has 1 N–H and O–H groups in total. The molecular formula is C20H22N6O3S. The Hall–Kier alpha value is -3.11. The van der Waals surface area contributed by atoms with Gasteiger partial charge in [-0.3, -0.25) is 5.32 Å². The quantitative estimate of drug-likeness (QED) is 0.641. The first kappa shape index (κ1) is 20.2. The van der Waals surface area contributed by atoms with Crippen molar-refractivity contribution in [1.82, 2.24) is 24.2 Å². The molecule has 3 heterocycles. The summed E-state index contributed by atoms with van der Waals surface area (Å²) >= 11 is 0. The Kier molecular flexibility index (Phi) is 5.86. The summed E-state index contributed by atoms with van der Waals surface area (Å²) in [5.74, 6) is 1.31. The highest BCUT2D eigenvalue weighted by molar-refractivity contribution is 7.89. The van der Waals surface area contributed by atoms with Crippen LogP contribution in [0.25, 0.3) is 0 Å². The van der Waals surface area contributed by atoms with Gasteiger partial charge in [0.15, 0.2) is 0 Å². The zero-order chi connectivity index (χ0) is 21.0. The number of benzene rings is 1. The van der Waals surface area contributed by atoms with Gasteiger partial charge in [0, 0.05) is 25.1 Å². The third-order valence-electron chi connectivity index (χ3n) is 4.93. The van der Waals surface area contributed by atoms with Crippen LogP contribution in [-0.2, 0) is 10.0 Å². The van der Waals surface area contributed by atoms with Crippen molar-refractivity contribution in [2.45, 2.75) is 30.2 Å². The van der Waals surface area contributed by atoms with E-state index in [1.807, 2.05) is 0 Å². The maximum absolute atomic E-state index is 13.4. The Balaban J connectivity index is 1.63. The topological polar surface area (TPSA) is 110 Å². The van der Waals surface area contributed by atoms with Crippen LogP contribution < -0.4 is 10.1 Å². The maximum Gasteiger partial charge on any atom is 0.243 e. The van der Waals surface area contributed by atoms with E-state index in [4.69, 9.17) is 4.74 Å². The lowest BCUT2D eigenvalue weighted by Crippen LogP contribution is -2.38. The summed E-state index contributed by atoms with van der Waals surface area (Å²) in [6, 6.07) is 9.54. The molecule has 1 aromatic carbocycles. The summed E-state index contributed by atoms with van der Waals surface area (Å²) in [6.45, 7) is 0.438. The molecular weight excluding hydrogens is 404 g/mol. The number of hydrogen-bond donors (Lipinski definition) is 1. The minimum absolute atomic E-state index is 0.236. The van der Waals surface area contributed by atoms with Gasteiger partial charge >= 0.3 is 0 Å². The molecule has 9 nitrogen and oxygen atoms in total. The van der Waals surface area contributed by atoms with Crippen molar-refractivity contribution in [3.63, 3.8) is 0 Å². The van der Waals surface area contributed by atoms with Crippen molar-refractivity contribution in [3.05, 3.63) is 60.7 Å². The van der Waals surface area contributed by atoms with Crippen molar-refractivity contribution in [2.75, 3.05) is 19.0 Å². The van der Waals surface area contributed by atoms with E-state index < -0.39 is 10.0 Å². The first-order valence-corrected chi connectivity index (χ1v) is 11.0. The van der Waals surface area contributed by atoms with E-state index >= 15 is 0 Å². The normalized spacial score (nSPS) is 17.4. The molecule has 0 amide bonds. The summed E-state index contributed by atoms with van der Waals surface area (Å²) in [7, 11) is -2.14. The van der Waals surface area contributed by atoms with Crippen LogP contribution in [0.15, 0.2) is 59.9 Å². The molecule has 3 aromatic rings. The predicted molar refractivity (Wildman–Crippen MR) is 111 cm³/mol. The number of sulfonamides is 1. The second-order valence-corrected chi connectivity index (χ2v) is 8.70. The lowest BCUT2D eigenvalue weighted by molar-refractivity contribution is 0.251. The SMILES string of the molecule is COc1ccc(S(=O)(=O)N2CCCC[C@@H]2c2ccnc(Nc3ncccn3)n2)cc1. The molecule has 10 heteroatoms. The van der Waals surface area contributed by atoms with E-state index in [2.05, 4.69) is 25.3 Å². The lowest BCUT2D eigenvalue weighted by Gasteiger charge is -2.34. The van der Waals surface area contributed by atoms with E-state index in [0.29, 0.717) is 36.3 Å². The molecule has 0 radical (unpaired) electrons. The fraction of sp³-hybridized carbons (Fsp3) is 0.300. The number of ether oxygens (including phenoxy) is 1. The zero-order valence-corrected chi connectivity index (χ0v) is 17.3. The second kappa shape index (κ2) is 8.72. The molecule has 0 unspecified atom stereocenters. The van der Waals surface area contributed by atoms with Gasteiger partial charge in [0.25, 0.3) is 0 Å². The van der Waals surface area contributed by atoms with Gasteiger partial charge in [-0.2, -0.15) is 4.31 Å². The van der Waals surface area contributed by atoms with E-state index in [-0.39, 0.29) is 10.9 Å². The molecule has 0 spiro atoms. The Morgan fingerprint density at radius 3 is 2.47 bits per heavy atom. The smallest absolute Gasteiger partial charge is 0.243 e. The van der Waals surface area contributed by atoms with Crippen LogP contribution in [-0.4, -0.2) is 46.3 Å². The van der Waals surface area contributed by atoms with Crippen molar-refractivity contribution >= 4 is 21.9 Å². The number of methoxy groups -OCH3 is 1. The Labute approximate surface area is 175 Å². The molecule has 1 fully saturated rings. The molecule has 1 atom stereocenters. The number of anilines is 2. The van der Waals surface area contributed by atoms with Gasteiger partial charge in [-0.1, -0.05) is 6.42 Å². The number of hydrogen-bond acceptors (Lipinski definition) is 8. The van der Waals surface area contributed by atoms with Gasteiger partial charge in [0.05, 0.1) is 23.7 Å². The van der Waals surface area contributed by atoms with Crippen molar-refractivity contribution < 1.29 is 13.2 Å². The Bertz CT molecular complexity index is 1090. The monoisotopic (exact) mass is 426 g/mol. The highest BCUT2D eigenvalue weighted by Crippen LogP contribution is 2.35. The standard InChI is InChI=1S/C20H22N6O3S/c1-29-15-6-8-16(9-7-15)30(27,28)26-14-3-2-5-18(26)17-10-13-23-20(24-17)25-19-21-11-4-12-22-19/h4,6-13,18H,2-3,5,14H2,1H3,(H,21,22,23,24,25)/t18-/m1/s1. The van der Waals surface area contributed by atoms with Gasteiger partial charge in [0.1, 0.15) is 5.75 Å². The number of aromatic nitrogens is 4. The van der Waals surface area contributed by atoms with E-state index in [9.17, 15) is 8.42 Å². The number of rotatable bonds is 6. The molecule has 2 aromatic heterocycles. The summed E-state index contributed by atoms with van der Waals surface area (Å²) in [6.07, 6.45) is 7.26. The summed E-state index contributed by atoms with van der Waals surface area (Å²) < 4.78 is 33.4. The van der Waals surface area contributed by atoms with Gasteiger partial charge in [-0.25, -0.2) is 28.4 Å². The Morgan fingerprint density at radius 2 is 1.73 bits per heavy atom. The van der Waals surface area contributed by atoms with Crippen LogP contribution >= 0.6 is 0 Å². The average molecular weight is 427 g/mol. The molecule has 30 heavy (non-hydrogen) atoms. The molecule has 4 rings (SSSR count). The minimum atomic E-state index is -3.68. The van der Waals surface area contributed by atoms with Gasteiger partial charge < -0.3 is 4.74 Å². The number of piperidine rings is 1. The molecule has 1 aliphatic rings. The van der Waals surface area contributed by atoms with E-state index in [1.54, 1.807) is 62.1 Å². The van der Waals surface area contributed by atoms with Crippen molar-refractivity contribution in [3.8, 4) is 5.75 Å². The predicted octanol–water partition coefficient (Wildman–Crippen LogP) is 2.93. The highest BCUT2D eigenvalue weighted by atomic mass is 32.2. The van der Waals surface area contributed by atoms with Crippen LogP contribution in [0.3, 0.4) is 0 Å². The van der Waals surface area contributed by atoms with E-state index in [1.165, 1.54) is 4.31 Å². The van der Waals surface area contributed by atoms with Crippen molar-refractivity contribution in [1.29, 1.82) is 0 Å².